The SMILES string of the molecule is COc1ccc(C(=O)CN2CCCCCCC2)cc1Cl. The Balaban J connectivity index is 1.98. The fourth-order valence-corrected chi connectivity index (χ4v) is 2.86. The summed E-state index contributed by atoms with van der Waals surface area (Å²) < 4.78 is 5.11. The molecule has 0 unspecified atom stereocenters. The van der Waals surface area contributed by atoms with E-state index in [0.717, 1.165) is 13.1 Å². The summed E-state index contributed by atoms with van der Waals surface area (Å²) in [5.41, 5.74) is 0.665. The van der Waals surface area contributed by atoms with Gasteiger partial charge in [-0.1, -0.05) is 30.9 Å². The van der Waals surface area contributed by atoms with Crippen LogP contribution in [0, 0.1) is 0 Å². The van der Waals surface area contributed by atoms with Crippen LogP contribution >= 0.6 is 11.6 Å². The van der Waals surface area contributed by atoms with Crippen molar-refractivity contribution in [1.29, 1.82) is 0 Å². The molecule has 4 heteroatoms. The van der Waals surface area contributed by atoms with Gasteiger partial charge in [0.25, 0.3) is 0 Å². The number of Topliss-reactive ketones (excluding diaryl/α,β-unsaturated/α-hetero) is 1. The van der Waals surface area contributed by atoms with Gasteiger partial charge in [0, 0.05) is 5.56 Å². The summed E-state index contributed by atoms with van der Waals surface area (Å²) in [5, 5.41) is 0.492. The molecule has 1 aliphatic heterocycles. The Hall–Kier alpha value is -1.06. The van der Waals surface area contributed by atoms with Crippen LogP contribution in [0.4, 0.5) is 0 Å². The zero-order valence-corrected chi connectivity index (χ0v) is 12.8. The molecule has 0 N–H and O–H groups in total. The molecule has 0 atom stereocenters. The van der Waals surface area contributed by atoms with Gasteiger partial charge in [0.05, 0.1) is 18.7 Å². The van der Waals surface area contributed by atoms with E-state index in [1.807, 2.05) is 0 Å². The first-order chi connectivity index (χ1) is 9.70. The third kappa shape index (κ3) is 4.22. The number of carbonyl (C=O) groups is 1. The maximum Gasteiger partial charge on any atom is 0.176 e. The highest BCUT2D eigenvalue weighted by Crippen LogP contribution is 2.25. The van der Waals surface area contributed by atoms with Gasteiger partial charge in [0.2, 0.25) is 0 Å². The molecule has 0 aliphatic carbocycles. The van der Waals surface area contributed by atoms with E-state index < -0.39 is 0 Å². The van der Waals surface area contributed by atoms with Gasteiger partial charge in [-0.2, -0.15) is 0 Å². The Kier molecular flexibility index (Phi) is 5.86. The average molecular weight is 296 g/mol. The van der Waals surface area contributed by atoms with Crippen molar-refractivity contribution in [3.63, 3.8) is 0 Å². The fraction of sp³-hybridized carbons (Fsp3) is 0.562. The second-order valence-electron chi connectivity index (χ2n) is 5.32. The topological polar surface area (TPSA) is 29.5 Å². The second-order valence-corrected chi connectivity index (χ2v) is 5.72. The molecule has 1 heterocycles. The van der Waals surface area contributed by atoms with Gasteiger partial charge < -0.3 is 4.74 Å². The number of ether oxygens (including phenoxy) is 1. The molecule has 3 nitrogen and oxygen atoms in total. The highest BCUT2D eigenvalue weighted by atomic mass is 35.5. The molecule has 0 aromatic heterocycles. The molecule has 0 spiro atoms. The molecule has 110 valence electrons. The maximum absolute atomic E-state index is 12.3. The molecule has 2 rings (SSSR count). The highest BCUT2D eigenvalue weighted by Gasteiger charge is 2.15. The lowest BCUT2D eigenvalue weighted by Crippen LogP contribution is -2.32. The van der Waals surface area contributed by atoms with Crippen molar-refractivity contribution in [2.75, 3.05) is 26.7 Å². The van der Waals surface area contributed by atoms with Crippen molar-refractivity contribution in [3.05, 3.63) is 28.8 Å². The Morgan fingerprint density at radius 2 is 1.85 bits per heavy atom. The standard InChI is InChI=1S/C16H22ClNO2/c1-20-16-8-7-13(11-14(16)17)15(19)12-18-9-5-3-2-4-6-10-18/h7-8,11H,2-6,9-10,12H2,1H3. The molecule has 0 amide bonds. The summed E-state index contributed by atoms with van der Waals surface area (Å²) in [7, 11) is 1.57. The number of likely N-dealkylation sites (tertiary alicyclic amines) is 1. The summed E-state index contributed by atoms with van der Waals surface area (Å²) in [5.74, 6) is 0.740. The van der Waals surface area contributed by atoms with Gasteiger partial charge in [0.15, 0.2) is 5.78 Å². The molecule has 0 radical (unpaired) electrons. The first-order valence-corrected chi connectivity index (χ1v) is 7.67. The number of halogens is 1. The number of ketones is 1. The van der Waals surface area contributed by atoms with Crippen LogP contribution in [0.15, 0.2) is 18.2 Å². The zero-order chi connectivity index (χ0) is 14.4. The lowest BCUT2D eigenvalue weighted by molar-refractivity contribution is 0.0924. The molecule has 0 saturated carbocycles. The normalized spacial score (nSPS) is 17.3. The number of carbonyl (C=O) groups excluding carboxylic acids is 1. The number of rotatable bonds is 4. The van der Waals surface area contributed by atoms with Crippen molar-refractivity contribution in [3.8, 4) is 5.75 Å². The first kappa shape index (κ1) is 15.3. The minimum Gasteiger partial charge on any atom is -0.495 e. The largest absolute Gasteiger partial charge is 0.495 e. The Labute approximate surface area is 125 Å². The fourth-order valence-electron chi connectivity index (χ4n) is 2.61. The molecule has 1 saturated heterocycles. The molecule has 1 aromatic carbocycles. The van der Waals surface area contributed by atoms with Crippen molar-refractivity contribution in [2.24, 2.45) is 0 Å². The summed E-state index contributed by atoms with van der Waals surface area (Å²) in [6.07, 6.45) is 6.27. The molecule has 1 aliphatic rings. The predicted octanol–water partition coefficient (Wildman–Crippen LogP) is 3.80. The molecular formula is C16H22ClNO2. The number of hydrogen-bond donors (Lipinski definition) is 0. The average Bonchev–Trinajstić information content (AvgIpc) is 2.41. The van der Waals surface area contributed by atoms with Gasteiger partial charge in [-0.05, 0) is 44.1 Å². The number of hydrogen-bond acceptors (Lipinski definition) is 3. The molecule has 1 fully saturated rings. The van der Waals surface area contributed by atoms with Crippen molar-refractivity contribution < 1.29 is 9.53 Å². The summed E-state index contributed by atoms with van der Waals surface area (Å²) >= 11 is 6.07. The molecule has 1 aromatic rings. The van der Waals surface area contributed by atoms with Gasteiger partial charge in [-0.3, -0.25) is 9.69 Å². The quantitative estimate of drug-likeness (QED) is 0.791. The van der Waals surface area contributed by atoms with Gasteiger partial charge in [0.1, 0.15) is 5.75 Å². The Bertz CT molecular complexity index is 454. The van der Waals surface area contributed by atoms with Crippen molar-refractivity contribution >= 4 is 17.4 Å². The minimum atomic E-state index is 0.134. The molecule has 20 heavy (non-hydrogen) atoms. The van der Waals surface area contributed by atoms with Gasteiger partial charge in [-0.15, -0.1) is 0 Å². The van der Waals surface area contributed by atoms with E-state index in [1.54, 1.807) is 25.3 Å². The van der Waals surface area contributed by atoms with E-state index in [9.17, 15) is 4.79 Å². The van der Waals surface area contributed by atoms with E-state index in [4.69, 9.17) is 16.3 Å². The zero-order valence-electron chi connectivity index (χ0n) is 12.0. The predicted molar refractivity (Wildman–Crippen MR) is 81.9 cm³/mol. The minimum absolute atomic E-state index is 0.134. The van der Waals surface area contributed by atoms with Crippen LogP contribution in [-0.2, 0) is 0 Å². The number of methoxy groups -OCH3 is 1. The monoisotopic (exact) mass is 295 g/mol. The smallest absolute Gasteiger partial charge is 0.176 e. The Morgan fingerprint density at radius 1 is 1.20 bits per heavy atom. The van der Waals surface area contributed by atoms with Crippen molar-refractivity contribution in [1.82, 2.24) is 4.90 Å². The lowest BCUT2D eigenvalue weighted by atomic mass is 10.1. The molecular weight excluding hydrogens is 274 g/mol. The summed E-state index contributed by atoms with van der Waals surface area (Å²) in [6, 6.07) is 5.24. The van der Waals surface area contributed by atoms with Gasteiger partial charge in [-0.25, -0.2) is 0 Å². The Morgan fingerprint density at radius 3 is 2.45 bits per heavy atom. The highest BCUT2D eigenvalue weighted by molar-refractivity contribution is 6.32. The van der Waals surface area contributed by atoms with Crippen LogP contribution in [0.2, 0.25) is 5.02 Å². The number of benzene rings is 1. The van der Waals surface area contributed by atoms with Gasteiger partial charge >= 0.3 is 0 Å². The first-order valence-electron chi connectivity index (χ1n) is 7.30. The van der Waals surface area contributed by atoms with Crippen LogP contribution in [0.3, 0.4) is 0 Å². The van der Waals surface area contributed by atoms with Crippen molar-refractivity contribution in [2.45, 2.75) is 32.1 Å². The third-order valence-corrected chi connectivity index (χ3v) is 4.09. The van der Waals surface area contributed by atoms with Crippen LogP contribution in [0.5, 0.6) is 5.75 Å². The third-order valence-electron chi connectivity index (χ3n) is 3.79. The van der Waals surface area contributed by atoms with Crippen LogP contribution < -0.4 is 4.74 Å². The maximum atomic E-state index is 12.3. The van der Waals surface area contributed by atoms with E-state index in [0.29, 0.717) is 22.9 Å². The van der Waals surface area contributed by atoms with E-state index in [2.05, 4.69) is 4.90 Å². The summed E-state index contributed by atoms with van der Waals surface area (Å²) in [4.78, 5) is 14.6. The number of nitrogens with zero attached hydrogens (tertiary/aromatic N) is 1. The van der Waals surface area contributed by atoms with Crippen LogP contribution in [0.1, 0.15) is 42.5 Å². The second kappa shape index (κ2) is 7.65. The summed E-state index contributed by atoms with van der Waals surface area (Å²) in [6.45, 7) is 2.54. The van der Waals surface area contributed by atoms with E-state index in [1.165, 1.54) is 32.1 Å². The molecule has 0 bridgehead atoms. The van der Waals surface area contributed by atoms with Crippen LogP contribution in [0.25, 0.3) is 0 Å². The van der Waals surface area contributed by atoms with E-state index in [-0.39, 0.29) is 5.78 Å². The lowest BCUT2D eigenvalue weighted by Gasteiger charge is -2.23. The van der Waals surface area contributed by atoms with E-state index >= 15 is 0 Å². The van der Waals surface area contributed by atoms with Crippen LogP contribution in [-0.4, -0.2) is 37.4 Å².